The number of hydrogen-bond donors (Lipinski definition) is 1. The number of ether oxygens (including phenoxy) is 1. The molecule has 0 unspecified atom stereocenters. The van der Waals surface area contributed by atoms with E-state index in [0.29, 0.717) is 5.13 Å². The second-order valence-electron chi connectivity index (χ2n) is 3.64. The van der Waals surface area contributed by atoms with Crippen molar-refractivity contribution in [3.63, 3.8) is 0 Å². The van der Waals surface area contributed by atoms with Gasteiger partial charge in [0.1, 0.15) is 6.20 Å². The average molecular weight is 258 g/mol. The number of rotatable bonds is 5. The summed E-state index contributed by atoms with van der Waals surface area (Å²) in [7, 11) is 0. The van der Waals surface area contributed by atoms with Crippen molar-refractivity contribution in [3.05, 3.63) is 16.3 Å². The highest BCUT2D eigenvalue weighted by Gasteiger charge is 2.12. The van der Waals surface area contributed by atoms with Crippen LogP contribution in [-0.4, -0.2) is 54.2 Å². The van der Waals surface area contributed by atoms with Gasteiger partial charge in [0.15, 0.2) is 5.13 Å². The molecule has 0 aromatic carbocycles. The second-order valence-corrected chi connectivity index (χ2v) is 4.65. The van der Waals surface area contributed by atoms with Gasteiger partial charge < -0.3 is 10.1 Å². The van der Waals surface area contributed by atoms with E-state index in [2.05, 4.69) is 15.2 Å². The third kappa shape index (κ3) is 3.62. The van der Waals surface area contributed by atoms with Gasteiger partial charge in [-0.1, -0.05) is 0 Å². The fourth-order valence-corrected chi connectivity index (χ4v) is 2.24. The topological polar surface area (TPSA) is 80.5 Å². The molecule has 1 aliphatic rings. The summed E-state index contributed by atoms with van der Waals surface area (Å²) < 4.78 is 5.25. The number of morpholine rings is 1. The molecule has 1 aromatic heterocycles. The zero-order valence-corrected chi connectivity index (χ0v) is 10.1. The first kappa shape index (κ1) is 12.2. The van der Waals surface area contributed by atoms with E-state index in [9.17, 15) is 10.1 Å². The van der Waals surface area contributed by atoms with Crippen molar-refractivity contribution in [2.45, 2.75) is 0 Å². The lowest BCUT2D eigenvalue weighted by Gasteiger charge is -2.26. The fraction of sp³-hybridized carbons (Fsp3) is 0.667. The Kier molecular flexibility index (Phi) is 4.24. The van der Waals surface area contributed by atoms with Crippen LogP contribution in [0.3, 0.4) is 0 Å². The number of anilines is 1. The van der Waals surface area contributed by atoms with Crippen LogP contribution in [0, 0.1) is 10.1 Å². The molecule has 8 heteroatoms. The summed E-state index contributed by atoms with van der Waals surface area (Å²) in [6.45, 7) is 5.09. The highest BCUT2D eigenvalue weighted by Crippen LogP contribution is 2.24. The zero-order valence-electron chi connectivity index (χ0n) is 9.29. The lowest BCUT2D eigenvalue weighted by Crippen LogP contribution is -2.38. The van der Waals surface area contributed by atoms with E-state index < -0.39 is 4.92 Å². The Morgan fingerprint density at radius 3 is 3.00 bits per heavy atom. The van der Waals surface area contributed by atoms with Crippen LogP contribution in [0.1, 0.15) is 0 Å². The highest BCUT2D eigenvalue weighted by atomic mass is 32.1. The van der Waals surface area contributed by atoms with Gasteiger partial charge in [-0.2, -0.15) is 0 Å². The largest absolute Gasteiger partial charge is 0.379 e. The molecule has 0 radical (unpaired) electrons. The molecule has 17 heavy (non-hydrogen) atoms. The lowest BCUT2D eigenvalue weighted by atomic mass is 10.4. The highest BCUT2D eigenvalue weighted by molar-refractivity contribution is 7.18. The van der Waals surface area contributed by atoms with E-state index in [-0.39, 0.29) is 5.00 Å². The predicted molar refractivity (Wildman–Crippen MR) is 64.5 cm³/mol. The van der Waals surface area contributed by atoms with Gasteiger partial charge in [0.25, 0.3) is 0 Å². The second kappa shape index (κ2) is 5.89. The van der Waals surface area contributed by atoms with Crippen molar-refractivity contribution < 1.29 is 9.66 Å². The maximum absolute atomic E-state index is 10.5. The maximum atomic E-state index is 10.5. The van der Waals surface area contributed by atoms with Crippen LogP contribution >= 0.6 is 11.3 Å². The summed E-state index contributed by atoms with van der Waals surface area (Å²) in [6.07, 6.45) is 1.28. The van der Waals surface area contributed by atoms with Crippen LogP contribution in [0.2, 0.25) is 0 Å². The van der Waals surface area contributed by atoms with E-state index >= 15 is 0 Å². The molecule has 1 N–H and O–H groups in total. The van der Waals surface area contributed by atoms with Gasteiger partial charge in [-0.15, -0.1) is 0 Å². The molecule has 1 saturated heterocycles. The van der Waals surface area contributed by atoms with Gasteiger partial charge >= 0.3 is 5.00 Å². The molecular weight excluding hydrogens is 244 g/mol. The summed E-state index contributed by atoms with van der Waals surface area (Å²) in [4.78, 5) is 16.3. The molecule has 0 saturated carbocycles. The Morgan fingerprint density at radius 2 is 2.35 bits per heavy atom. The van der Waals surface area contributed by atoms with Gasteiger partial charge in [-0.05, 0) is 11.3 Å². The van der Waals surface area contributed by atoms with E-state index in [1.165, 1.54) is 6.20 Å². The van der Waals surface area contributed by atoms with Crippen LogP contribution in [0.5, 0.6) is 0 Å². The molecule has 94 valence electrons. The van der Waals surface area contributed by atoms with Gasteiger partial charge in [0.05, 0.1) is 18.1 Å². The molecule has 0 atom stereocenters. The Labute approximate surface area is 103 Å². The minimum atomic E-state index is -0.426. The van der Waals surface area contributed by atoms with E-state index in [4.69, 9.17) is 4.74 Å². The summed E-state index contributed by atoms with van der Waals surface area (Å²) in [5.74, 6) is 0. The maximum Gasteiger partial charge on any atom is 0.345 e. The number of nitrogens with one attached hydrogen (secondary N) is 1. The number of nitro groups is 1. The third-order valence-electron chi connectivity index (χ3n) is 2.48. The van der Waals surface area contributed by atoms with Gasteiger partial charge in [-0.3, -0.25) is 15.0 Å². The van der Waals surface area contributed by atoms with Gasteiger partial charge in [0, 0.05) is 26.2 Å². The van der Waals surface area contributed by atoms with Crippen molar-refractivity contribution in [3.8, 4) is 0 Å². The molecule has 0 aliphatic carbocycles. The Morgan fingerprint density at radius 1 is 1.59 bits per heavy atom. The van der Waals surface area contributed by atoms with E-state index in [0.717, 1.165) is 50.7 Å². The molecule has 1 fully saturated rings. The Bertz CT molecular complexity index is 378. The monoisotopic (exact) mass is 258 g/mol. The van der Waals surface area contributed by atoms with Gasteiger partial charge in [-0.25, -0.2) is 4.98 Å². The number of hydrogen-bond acceptors (Lipinski definition) is 7. The summed E-state index contributed by atoms with van der Waals surface area (Å²) in [5, 5.41) is 14.2. The summed E-state index contributed by atoms with van der Waals surface area (Å²) in [6, 6.07) is 0. The first-order valence-electron chi connectivity index (χ1n) is 5.40. The molecule has 0 amide bonds. The minimum Gasteiger partial charge on any atom is -0.379 e. The first-order valence-corrected chi connectivity index (χ1v) is 6.21. The van der Waals surface area contributed by atoms with E-state index in [1.54, 1.807) is 0 Å². The smallest absolute Gasteiger partial charge is 0.345 e. The molecule has 2 rings (SSSR count). The normalized spacial score (nSPS) is 16.9. The third-order valence-corrected chi connectivity index (χ3v) is 3.39. The Hall–Kier alpha value is -1.25. The number of nitrogens with zero attached hydrogens (tertiary/aromatic N) is 3. The SMILES string of the molecule is O=[N+]([O-])c1cnc(NCCN2CCOCC2)s1. The lowest BCUT2D eigenvalue weighted by molar-refractivity contribution is -0.380. The average Bonchev–Trinajstić information content (AvgIpc) is 2.79. The molecule has 2 heterocycles. The quantitative estimate of drug-likeness (QED) is 0.621. The summed E-state index contributed by atoms with van der Waals surface area (Å²) in [5.41, 5.74) is 0. The molecule has 1 aromatic rings. The van der Waals surface area contributed by atoms with Crippen molar-refractivity contribution >= 4 is 21.5 Å². The van der Waals surface area contributed by atoms with Crippen molar-refractivity contribution in [2.75, 3.05) is 44.7 Å². The van der Waals surface area contributed by atoms with Crippen LogP contribution in [0.15, 0.2) is 6.20 Å². The molecular formula is C9H14N4O3S. The van der Waals surface area contributed by atoms with Crippen LogP contribution < -0.4 is 5.32 Å². The predicted octanol–water partition coefficient (Wildman–Crippen LogP) is 0.795. The standard InChI is InChI=1S/C9H14N4O3S/c14-13(15)8-7-11-9(17-8)10-1-2-12-3-5-16-6-4-12/h7H,1-6H2,(H,10,11). The van der Waals surface area contributed by atoms with E-state index in [1.807, 2.05) is 0 Å². The van der Waals surface area contributed by atoms with Crippen molar-refractivity contribution in [1.82, 2.24) is 9.88 Å². The van der Waals surface area contributed by atoms with Crippen molar-refractivity contribution in [1.29, 1.82) is 0 Å². The number of thiazole rings is 1. The minimum absolute atomic E-state index is 0.0684. The summed E-state index contributed by atoms with van der Waals surface area (Å²) >= 11 is 1.06. The molecule has 1 aliphatic heterocycles. The number of aromatic nitrogens is 1. The molecule has 0 spiro atoms. The first-order chi connectivity index (χ1) is 8.25. The Balaban J connectivity index is 1.71. The van der Waals surface area contributed by atoms with Crippen LogP contribution in [-0.2, 0) is 4.74 Å². The zero-order chi connectivity index (χ0) is 12.1. The van der Waals surface area contributed by atoms with Crippen LogP contribution in [0.25, 0.3) is 0 Å². The van der Waals surface area contributed by atoms with Gasteiger partial charge in [0.2, 0.25) is 0 Å². The fourth-order valence-electron chi connectivity index (χ4n) is 1.58. The molecule has 7 nitrogen and oxygen atoms in total. The van der Waals surface area contributed by atoms with Crippen LogP contribution in [0.4, 0.5) is 10.1 Å². The molecule has 0 bridgehead atoms. The van der Waals surface area contributed by atoms with Crippen molar-refractivity contribution in [2.24, 2.45) is 0 Å².